The summed E-state index contributed by atoms with van der Waals surface area (Å²) in [6, 6.07) is 0. The summed E-state index contributed by atoms with van der Waals surface area (Å²) in [7, 11) is 1.76. The molecular formula is C9H19NO. The average Bonchev–Trinajstić information content (AvgIpc) is 1.95. The molecule has 2 heteroatoms. The minimum atomic E-state index is 0.466. The summed E-state index contributed by atoms with van der Waals surface area (Å²) in [4.78, 5) is 0. The summed E-state index contributed by atoms with van der Waals surface area (Å²) in [5.74, 6) is 0. The Morgan fingerprint density at radius 2 is 2.18 bits per heavy atom. The molecule has 11 heavy (non-hydrogen) atoms. The van der Waals surface area contributed by atoms with Crippen molar-refractivity contribution >= 4 is 0 Å². The molecule has 0 aromatic carbocycles. The molecule has 1 N–H and O–H groups in total. The molecule has 0 radical (unpaired) electrons. The second-order valence-electron chi connectivity index (χ2n) is 3.69. The number of rotatable bonds is 5. The summed E-state index contributed by atoms with van der Waals surface area (Å²) in [5.41, 5.74) is 0.466. The maximum Gasteiger partial charge on any atom is 0.0474 e. The third kappa shape index (κ3) is 2.80. The molecule has 1 aliphatic carbocycles. The van der Waals surface area contributed by atoms with Crippen LogP contribution >= 0.6 is 0 Å². The largest absolute Gasteiger partial charge is 0.385 e. The fourth-order valence-corrected chi connectivity index (χ4v) is 1.49. The first-order valence-electron chi connectivity index (χ1n) is 4.51. The van der Waals surface area contributed by atoms with Crippen LogP contribution in [0.1, 0.15) is 32.6 Å². The van der Waals surface area contributed by atoms with E-state index in [9.17, 15) is 0 Å². The van der Waals surface area contributed by atoms with Gasteiger partial charge in [0.05, 0.1) is 0 Å². The molecule has 0 amide bonds. The lowest BCUT2D eigenvalue weighted by Gasteiger charge is -2.39. The summed E-state index contributed by atoms with van der Waals surface area (Å²) >= 11 is 0. The fourth-order valence-electron chi connectivity index (χ4n) is 1.49. The van der Waals surface area contributed by atoms with Crippen LogP contribution < -0.4 is 5.32 Å². The van der Waals surface area contributed by atoms with Crippen molar-refractivity contribution in [2.24, 2.45) is 0 Å². The standard InChI is InChI=1S/C9H19NO/c1-9(5-3-6-9)10-7-4-8-11-2/h10H,3-8H2,1-2H3. The van der Waals surface area contributed by atoms with E-state index >= 15 is 0 Å². The Hall–Kier alpha value is -0.0800. The van der Waals surface area contributed by atoms with Crippen LogP contribution in [-0.2, 0) is 4.74 Å². The highest BCUT2D eigenvalue weighted by Gasteiger charge is 2.30. The van der Waals surface area contributed by atoms with Gasteiger partial charge < -0.3 is 10.1 Å². The molecule has 66 valence electrons. The second-order valence-corrected chi connectivity index (χ2v) is 3.69. The van der Waals surface area contributed by atoms with Gasteiger partial charge in [0, 0.05) is 19.3 Å². The molecule has 0 aromatic rings. The molecule has 0 saturated heterocycles. The van der Waals surface area contributed by atoms with Gasteiger partial charge in [0.1, 0.15) is 0 Å². The maximum atomic E-state index is 4.97. The lowest BCUT2D eigenvalue weighted by molar-refractivity contribution is 0.173. The van der Waals surface area contributed by atoms with E-state index in [0.717, 1.165) is 19.6 Å². The Labute approximate surface area is 69.3 Å². The van der Waals surface area contributed by atoms with Crippen LogP contribution in [0.15, 0.2) is 0 Å². The van der Waals surface area contributed by atoms with Gasteiger partial charge in [-0.25, -0.2) is 0 Å². The van der Waals surface area contributed by atoms with Gasteiger partial charge >= 0.3 is 0 Å². The highest BCUT2D eigenvalue weighted by molar-refractivity contribution is 4.90. The topological polar surface area (TPSA) is 21.3 Å². The minimum Gasteiger partial charge on any atom is -0.385 e. The van der Waals surface area contributed by atoms with Gasteiger partial charge in [-0.2, -0.15) is 0 Å². The van der Waals surface area contributed by atoms with Gasteiger partial charge in [-0.3, -0.25) is 0 Å². The van der Waals surface area contributed by atoms with Crippen LogP contribution in [0.5, 0.6) is 0 Å². The zero-order valence-electron chi connectivity index (χ0n) is 7.65. The number of ether oxygens (including phenoxy) is 1. The Morgan fingerprint density at radius 1 is 1.45 bits per heavy atom. The highest BCUT2D eigenvalue weighted by atomic mass is 16.5. The molecular weight excluding hydrogens is 138 g/mol. The molecule has 1 fully saturated rings. The van der Waals surface area contributed by atoms with Crippen LogP contribution in [0.2, 0.25) is 0 Å². The predicted octanol–water partition coefficient (Wildman–Crippen LogP) is 1.56. The van der Waals surface area contributed by atoms with Crippen LogP contribution in [-0.4, -0.2) is 25.8 Å². The third-order valence-electron chi connectivity index (χ3n) is 2.53. The van der Waals surface area contributed by atoms with Crippen molar-refractivity contribution in [3.63, 3.8) is 0 Å². The maximum absolute atomic E-state index is 4.97. The third-order valence-corrected chi connectivity index (χ3v) is 2.53. The Morgan fingerprint density at radius 3 is 2.64 bits per heavy atom. The molecule has 0 atom stereocenters. The molecule has 0 aliphatic heterocycles. The quantitative estimate of drug-likeness (QED) is 0.611. The molecule has 1 saturated carbocycles. The van der Waals surface area contributed by atoms with Crippen LogP contribution in [0.3, 0.4) is 0 Å². The smallest absolute Gasteiger partial charge is 0.0474 e. The zero-order chi connectivity index (χ0) is 8.16. The van der Waals surface area contributed by atoms with E-state index in [2.05, 4.69) is 12.2 Å². The number of methoxy groups -OCH3 is 1. The molecule has 0 bridgehead atoms. The molecule has 0 spiro atoms. The lowest BCUT2D eigenvalue weighted by atomic mass is 9.78. The van der Waals surface area contributed by atoms with Crippen molar-refractivity contribution < 1.29 is 4.74 Å². The fraction of sp³-hybridized carbons (Fsp3) is 1.00. The Bertz CT molecular complexity index is 110. The predicted molar refractivity (Wildman–Crippen MR) is 46.8 cm³/mol. The van der Waals surface area contributed by atoms with E-state index in [1.807, 2.05) is 0 Å². The van der Waals surface area contributed by atoms with Crippen molar-refractivity contribution in [1.82, 2.24) is 5.32 Å². The van der Waals surface area contributed by atoms with Gasteiger partial charge in [-0.05, 0) is 39.2 Å². The first kappa shape index (κ1) is 9.01. The van der Waals surface area contributed by atoms with Gasteiger partial charge in [-0.15, -0.1) is 0 Å². The van der Waals surface area contributed by atoms with E-state index in [1.165, 1.54) is 19.3 Å². The minimum absolute atomic E-state index is 0.466. The van der Waals surface area contributed by atoms with E-state index in [-0.39, 0.29) is 0 Å². The van der Waals surface area contributed by atoms with E-state index in [1.54, 1.807) is 7.11 Å². The van der Waals surface area contributed by atoms with Gasteiger partial charge in [0.15, 0.2) is 0 Å². The molecule has 0 aromatic heterocycles. The van der Waals surface area contributed by atoms with E-state index in [0.29, 0.717) is 5.54 Å². The first-order chi connectivity index (χ1) is 5.27. The number of hydrogen-bond acceptors (Lipinski definition) is 2. The molecule has 2 nitrogen and oxygen atoms in total. The summed E-state index contributed by atoms with van der Waals surface area (Å²) in [6.07, 6.45) is 5.22. The number of nitrogens with one attached hydrogen (secondary N) is 1. The Balaban J connectivity index is 1.94. The zero-order valence-corrected chi connectivity index (χ0v) is 7.65. The molecule has 0 heterocycles. The van der Waals surface area contributed by atoms with E-state index in [4.69, 9.17) is 4.74 Å². The average molecular weight is 157 g/mol. The van der Waals surface area contributed by atoms with Gasteiger partial charge in [-0.1, -0.05) is 0 Å². The van der Waals surface area contributed by atoms with Crippen molar-refractivity contribution in [2.45, 2.75) is 38.1 Å². The first-order valence-corrected chi connectivity index (χ1v) is 4.51. The van der Waals surface area contributed by atoms with Crippen LogP contribution in [0.25, 0.3) is 0 Å². The van der Waals surface area contributed by atoms with Crippen molar-refractivity contribution in [1.29, 1.82) is 0 Å². The van der Waals surface area contributed by atoms with Crippen molar-refractivity contribution in [3.8, 4) is 0 Å². The summed E-state index contributed by atoms with van der Waals surface area (Å²) in [5, 5.41) is 3.55. The summed E-state index contributed by atoms with van der Waals surface area (Å²) < 4.78 is 4.97. The van der Waals surface area contributed by atoms with E-state index < -0.39 is 0 Å². The van der Waals surface area contributed by atoms with Gasteiger partial charge in [0.2, 0.25) is 0 Å². The highest BCUT2D eigenvalue weighted by Crippen LogP contribution is 2.30. The molecule has 1 aliphatic rings. The molecule has 1 rings (SSSR count). The Kier molecular flexibility index (Phi) is 3.34. The second kappa shape index (κ2) is 4.07. The molecule has 0 unspecified atom stereocenters. The SMILES string of the molecule is COCCCNC1(C)CCC1. The van der Waals surface area contributed by atoms with Crippen LogP contribution in [0, 0.1) is 0 Å². The van der Waals surface area contributed by atoms with Crippen LogP contribution in [0.4, 0.5) is 0 Å². The lowest BCUT2D eigenvalue weighted by Crippen LogP contribution is -2.48. The van der Waals surface area contributed by atoms with Gasteiger partial charge in [0.25, 0.3) is 0 Å². The monoisotopic (exact) mass is 157 g/mol. The van der Waals surface area contributed by atoms with Crippen molar-refractivity contribution in [2.75, 3.05) is 20.3 Å². The number of hydrogen-bond donors (Lipinski definition) is 1. The normalized spacial score (nSPS) is 21.3. The van der Waals surface area contributed by atoms with Crippen molar-refractivity contribution in [3.05, 3.63) is 0 Å². The summed E-state index contributed by atoms with van der Waals surface area (Å²) in [6.45, 7) is 4.29.